The van der Waals surface area contributed by atoms with E-state index in [2.05, 4.69) is 65.3 Å². The molecule has 0 saturated heterocycles. The van der Waals surface area contributed by atoms with Crippen LogP contribution in [0.5, 0.6) is 0 Å². The largest absolute Gasteiger partial charge is 0.310 e. The Morgan fingerprint density at radius 3 is 2.70 bits per heavy atom. The average molecular weight is 289 g/mol. The predicted molar refractivity (Wildman–Crippen MR) is 86.2 cm³/mol. The molecule has 20 heavy (non-hydrogen) atoms. The molecule has 0 unspecified atom stereocenters. The summed E-state index contributed by atoms with van der Waals surface area (Å²) in [5, 5.41) is 8.07. The number of aryl methyl sites for hydroxylation is 2. The van der Waals surface area contributed by atoms with Crippen molar-refractivity contribution in [3.8, 4) is 0 Å². The molecule has 108 valence electrons. The van der Waals surface area contributed by atoms with Crippen molar-refractivity contribution in [2.75, 3.05) is 12.3 Å². The Morgan fingerprint density at radius 1 is 1.20 bits per heavy atom. The minimum atomic E-state index is 0.899. The van der Waals surface area contributed by atoms with Crippen molar-refractivity contribution in [1.82, 2.24) is 15.1 Å². The molecule has 0 aliphatic rings. The van der Waals surface area contributed by atoms with Crippen LogP contribution in [0.15, 0.2) is 41.3 Å². The van der Waals surface area contributed by atoms with Gasteiger partial charge >= 0.3 is 0 Å². The maximum atomic E-state index is 4.57. The number of hydrogen-bond acceptors (Lipinski definition) is 3. The molecule has 0 fully saturated rings. The standard InChI is InChI=1S/C16H23N3S/c1-3-14-12-15(19(4-2)18-14)13-17-10-11-20-16-8-6-5-7-9-16/h5-9,12,17H,3-4,10-11,13H2,1-2H3. The van der Waals surface area contributed by atoms with Crippen molar-refractivity contribution in [2.45, 2.75) is 38.3 Å². The Hall–Kier alpha value is -1.26. The SMILES string of the molecule is CCc1cc(CNCCSc2ccccc2)n(CC)n1. The van der Waals surface area contributed by atoms with Gasteiger partial charge in [0.2, 0.25) is 0 Å². The summed E-state index contributed by atoms with van der Waals surface area (Å²) in [5.41, 5.74) is 2.47. The normalized spacial score (nSPS) is 10.9. The molecule has 0 spiro atoms. The van der Waals surface area contributed by atoms with Crippen LogP contribution in [0.3, 0.4) is 0 Å². The van der Waals surface area contributed by atoms with Gasteiger partial charge in [-0.25, -0.2) is 0 Å². The van der Waals surface area contributed by atoms with Gasteiger partial charge in [0, 0.05) is 30.3 Å². The molecule has 4 heteroatoms. The van der Waals surface area contributed by atoms with Gasteiger partial charge in [0.05, 0.1) is 11.4 Å². The molecule has 1 heterocycles. The predicted octanol–water partition coefficient (Wildman–Crippen LogP) is 3.35. The topological polar surface area (TPSA) is 29.9 Å². The van der Waals surface area contributed by atoms with E-state index in [4.69, 9.17) is 0 Å². The van der Waals surface area contributed by atoms with Gasteiger partial charge in [0.15, 0.2) is 0 Å². The number of nitrogens with one attached hydrogen (secondary N) is 1. The Bertz CT molecular complexity index is 508. The molecular weight excluding hydrogens is 266 g/mol. The molecule has 0 radical (unpaired) electrons. The maximum Gasteiger partial charge on any atom is 0.0625 e. The molecule has 0 atom stereocenters. The zero-order valence-electron chi connectivity index (χ0n) is 12.3. The third kappa shape index (κ3) is 4.39. The van der Waals surface area contributed by atoms with Crippen LogP contribution in [0.25, 0.3) is 0 Å². The summed E-state index contributed by atoms with van der Waals surface area (Å²) in [5.74, 6) is 1.09. The van der Waals surface area contributed by atoms with Crippen molar-refractivity contribution >= 4 is 11.8 Å². The van der Waals surface area contributed by atoms with Crippen LogP contribution < -0.4 is 5.32 Å². The number of rotatable bonds is 8. The number of hydrogen-bond donors (Lipinski definition) is 1. The summed E-state index contributed by atoms with van der Waals surface area (Å²) in [7, 11) is 0. The third-order valence-corrected chi connectivity index (χ3v) is 4.19. The van der Waals surface area contributed by atoms with Gasteiger partial charge in [-0.2, -0.15) is 5.10 Å². The van der Waals surface area contributed by atoms with E-state index in [1.165, 1.54) is 16.3 Å². The number of nitrogens with zero attached hydrogens (tertiary/aromatic N) is 2. The molecular formula is C16H23N3S. The van der Waals surface area contributed by atoms with E-state index in [0.717, 1.165) is 31.8 Å². The average Bonchev–Trinajstić information content (AvgIpc) is 2.90. The Balaban J connectivity index is 1.72. The maximum absolute atomic E-state index is 4.57. The summed E-state index contributed by atoms with van der Waals surface area (Å²) in [6, 6.07) is 12.7. The van der Waals surface area contributed by atoms with E-state index in [0.29, 0.717) is 0 Å². The van der Waals surface area contributed by atoms with Crippen molar-refractivity contribution < 1.29 is 0 Å². The highest BCUT2D eigenvalue weighted by molar-refractivity contribution is 7.99. The Kier molecular flexibility index (Phi) is 6.15. The fourth-order valence-corrected chi connectivity index (χ4v) is 2.91. The first-order chi connectivity index (χ1) is 9.83. The lowest BCUT2D eigenvalue weighted by atomic mass is 10.3. The van der Waals surface area contributed by atoms with Crippen LogP contribution in [-0.2, 0) is 19.5 Å². The van der Waals surface area contributed by atoms with E-state index in [9.17, 15) is 0 Å². The van der Waals surface area contributed by atoms with E-state index in [-0.39, 0.29) is 0 Å². The van der Waals surface area contributed by atoms with Gasteiger partial charge in [-0.3, -0.25) is 4.68 Å². The minimum absolute atomic E-state index is 0.899. The molecule has 2 rings (SSSR count). The lowest BCUT2D eigenvalue weighted by Crippen LogP contribution is -2.19. The fraction of sp³-hybridized carbons (Fsp3) is 0.438. The summed E-state index contributed by atoms with van der Waals surface area (Å²) in [4.78, 5) is 1.33. The van der Waals surface area contributed by atoms with Gasteiger partial charge in [-0.05, 0) is 31.5 Å². The molecule has 1 aromatic heterocycles. The highest BCUT2D eigenvalue weighted by Crippen LogP contribution is 2.15. The first kappa shape index (κ1) is 15.1. The van der Waals surface area contributed by atoms with E-state index >= 15 is 0 Å². The van der Waals surface area contributed by atoms with E-state index in [1.807, 2.05) is 11.8 Å². The summed E-state index contributed by atoms with van der Waals surface area (Å²) >= 11 is 1.89. The molecule has 2 aromatic rings. The van der Waals surface area contributed by atoms with Crippen molar-refractivity contribution in [3.05, 3.63) is 47.8 Å². The number of aromatic nitrogens is 2. The zero-order valence-corrected chi connectivity index (χ0v) is 13.1. The van der Waals surface area contributed by atoms with Crippen LogP contribution in [-0.4, -0.2) is 22.1 Å². The van der Waals surface area contributed by atoms with Crippen LogP contribution in [0.2, 0.25) is 0 Å². The van der Waals surface area contributed by atoms with Crippen LogP contribution >= 0.6 is 11.8 Å². The molecule has 0 aliphatic heterocycles. The Morgan fingerprint density at radius 2 is 2.00 bits per heavy atom. The van der Waals surface area contributed by atoms with Crippen LogP contribution in [0.1, 0.15) is 25.2 Å². The molecule has 0 aliphatic carbocycles. The smallest absolute Gasteiger partial charge is 0.0625 e. The monoisotopic (exact) mass is 289 g/mol. The lowest BCUT2D eigenvalue weighted by Gasteiger charge is -2.06. The van der Waals surface area contributed by atoms with Crippen LogP contribution in [0.4, 0.5) is 0 Å². The molecule has 1 N–H and O–H groups in total. The minimum Gasteiger partial charge on any atom is -0.310 e. The second-order valence-corrected chi connectivity index (χ2v) is 5.80. The van der Waals surface area contributed by atoms with E-state index in [1.54, 1.807) is 0 Å². The second-order valence-electron chi connectivity index (χ2n) is 4.63. The number of thioether (sulfide) groups is 1. The zero-order chi connectivity index (χ0) is 14.2. The van der Waals surface area contributed by atoms with E-state index < -0.39 is 0 Å². The molecule has 3 nitrogen and oxygen atoms in total. The first-order valence-electron chi connectivity index (χ1n) is 7.27. The fourth-order valence-electron chi connectivity index (χ4n) is 2.08. The number of benzene rings is 1. The summed E-state index contributed by atoms with van der Waals surface area (Å²) in [6.07, 6.45) is 1.00. The second kappa shape index (κ2) is 8.12. The van der Waals surface area contributed by atoms with Gasteiger partial charge in [0.25, 0.3) is 0 Å². The molecule has 0 bridgehead atoms. The quantitative estimate of drug-likeness (QED) is 0.597. The van der Waals surface area contributed by atoms with Crippen molar-refractivity contribution in [1.29, 1.82) is 0 Å². The van der Waals surface area contributed by atoms with Crippen molar-refractivity contribution in [2.24, 2.45) is 0 Å². The van der Waals surface area contributed by atoms with Gasteiger partial charge in [-0.15, -0.1) is 11.8 Å². The highest BCUT2D eigenvalue weighted by Gasteiger charge is 2.04. The van der Waals surface area contributed by atoms with Gasteiger partial charge < -0.3 is 5.32 Å². The van der Waals surface area contributed by atoms with Gasteiger partial charge in [-0.1, -0.05) is 25.1 Å². The highest BCUT2D eigenvalue weighted by atomic mass is 32.2. The van der Waals surface area contributed by atoms with Crippen LogP contribution in [0, 0.1) is 0 Å². The summed E-state index contributed by atoms with van der Waals surface area (Å²) in [6.45, 7) is 7.14. The molecule has 1 aromatic carbocycles. The summed E-state index contributed by atoms with van der Waals surface area (Å²) < 4.78 is 2.09. The van der Waals surface area contributed by atoms with Gasteiger partial charge in [0.1, 0.15) is 0 Å². The Labute approximate surface area is 125 Å². The molecule has 0 amide bonds. The lowest BCUT2D eigenvalue weighted by molar-refractivity contribution is 0.586. The third-order valence-electron chi connectivity index (χ3n) is 3.17. The van der Waals surface area contributed by atoms with Crippen molar-refractivity contribution in [3.63, 3.8) is 0 Å². The molecule has 0 saturated carbocycles. The first-order valence-corrected chi connectivity index (χ1v) is 8.26.